The van der Waals surface area contributed by atoms with Crippen LogP contribution >= 0.6 is 27.3 Å². The van der Waals surface area contributed by atoms with Crippen molar-refractivity contribution in [1.29, 1.82) is 0 Å². The standard InChI is InChI=1S/C15H12BrN3O2S/c1-9-18-19-15(22-9)17-13(20)8-21-12-7-6-10-4-2-3-5-11(10)14(12)16/h2-7H,8H2,1H3,(H,17,19,20). The molecule has 0 spiro atoms. The number of ether oxygens (including phenoxy) is 1. The van der Waals surface area contributed by atoms with E-state index in [1.54, 1.807) is 0 Å². The van der Waals surface area contributed by atoms with Gasteiger partial charge in [-0.25, -0.2) is 0 Å². The molecular weight excluding hydrogens is 366 g/mol. The number of carbonyl (C=O) groups is 1. The van der Waals surface area contributed by atoms with Crippen LogP contribution in [0, 0.1) is 6.92 Å². The first-order valence-corrected chi connectivity index (χ1v) is 8.14. The van der Waals surface area contributed by atoms with Gasteiger partial charge in [-0.15, -0.1) is 10.2 Å². The lowest BCUT2D eigenvalue weighted by Gasteiger charge is -2.09. The van der Waals surface area contributed by atoms with Gasteiger partial charge in [0.15, 0.2) is 6.61 Å². The van der Waals surface area contributed by atoms with E-state index in [0.29, 0.717) is 10.9 Å². The Kier molecular flexibility index (Phi) is 4.35. The minimum atomic E-state index is -0.267. The van der Waals surface area contributed by atoms with Crippen LogP contribution in [0.4, 0.5) is 5.13 Å². The quantitative estimate of drug-likeness (QED) is 0.751. The van der Waals surface area contributed by atoms with Crippen LogP contribution in [0.25, 0.3) is 10.8 Å². The van der Waals surface area contributed by atoms with Crippen molar-refractivity contribution >= 4 is 49.1 Å². The lowest BCUT2D eigenvalue weighted by atomic mass is 10.1. The van der Waals surface area contributed by atoms with Crippen LogP contribution in [0.3, 0.4) is 0 Å². The smallest absolute Gasteiger partial charge is 0.264 e. The zero-order chi connectivity index (χ0) is 15.5. The van der Waals surface area contributed by atoms with Gasteiger partial charge < -0.3 is 4.74 Å². The monoisotopic (exact) mass is 377 g/mol. The average Bonchev–Trinajstić information content (AvgIpc) is 2.92. The number of hydrogen-bond donors (Lipinski definition) is 1. The number of aryl methyl sites for hydroxylation is 1. The fourth-order valence-corrected chi connectivity index (χ4v) is 3.19. The molecule has 2 aromatic carbocycles. The summed E-state index contributed by atoms with van der Waals surface area (Å²) in [5.41, 5.74) is 0. The topological polar surface area (TPSA) is 64.1 Å². The van der Waals surface area contributed by atoms with E-state index in [-0.39, 0.29) is 12.5 Å². The maximum atomic E-state index is 11.9. The summed E-state index contributed by atoms with van der Waals surface area (Å²) in [4.78, 5) is 11.9. The number of rotatable bonds is 4. The largest absolute Gasteiger partial charge is 0.483 e. The zero-order valence-corrected chi connectivity index (χ0v) is 14.1. The van der Waals surface area contributed by atoms with E-state index in [4.69, 9.17) is 4.74 Å². The van der Waals surface area contributed by atoms with Crippen LogP contribution in [-0.4, -0.2) is 22.7 Å². The molecule has 0 aliphatic carbocycles. The van der Waals surface area contributed by atoms with Gasteiger partial charge >= 0.3 is 0 Å². The van der Waals surface area contributed by atoms with Crippen LogP contribution in [0.15, 0.2) is 40.9 Å². The first kappa shape index (κ1) is 14.9. The Hall–Kier alpha value is -1.99. The molecule has 0 aliphatic rings. The van der Waals surface area contributed by atoms with Gasteiger partial charge in [0.25, 0.3) is 5.91 Å². The van der Waals surface area contributed by atoms with Crippen molar-refractivity contribution in [3.8, 4) is 5.75 Å². The third-order valence-electron chi connectivity index (χ3n) is 2.96. The highest BCUT2D eigenvalue weighted by Gasteiger charge is 2.10. The van der Waals surface area contributed by atoms with Gasteiger partial charge in [0.2, 0.25) is 5.13 Å². The predicted molar refractivity (Wildman–Crippen MR) is 90.4 cm³/mol. The molecule has 0 saturated heterocycles. The Labute approximate surface area is 139 Å². The Morgan fingerprint density at radius 2 is 2.09 bits per heavy atom. The third kappa shape index (κ3) is 3.26. The number of amides is 1. The molecule has 22 heavy (non-hydrogen) atoms. The van der Waals surface area contributed by atoms with E-state index in [9.17, 15) is 4.79 Å². The maximum Gasteiger partial charge on any atom is 0.264 e. The summed E-state index contributed by atoms with van der Waals surface area (Å²) in [5, 5.41) is 13.8. The van der Waals surface area contributed by atoms with Crippen molar-refractivity contribution in [3.05, 3.63) is 45.9 Å². The van der Waals surface area contributed by atoms with Crippen LogP contribution in [-0.2, 0) is 4.79 Å². The second-order valence-electron chi connectivity index (χ2n) is 4.56. The van der Waals surface area contributed by atoms with Crippen molar-refractivity contribution in [2.45, 2.75) is 6.92 Å². The summed E-state index contributed by atoms with van der Waals surface area (Å²) >= 11 is 4.85. The Balaban J connectivity index is 1.68. The van der Waals surface area contributed by atoms with Gasteiger partial charge in [-0.3, -0.25) is 10.1 Å². The van der Waals surface area contributed by atoms with E-state index < -0.39 is 0 Å². The summed E-state index contributed by atoms with van der Waals surface area (Å²) in [6.45, 7) is 1.74. The highest BCUT2D eigenvalue weighted by atomic mass is 79.9. The number of nitrogens with zero attached hydrogens (tertiary/aromatic N) is 2. The minimum Gasteiger partial charge on any atom is -0.483 e. The number of halogens is 1. The molecule has 0 fully saturated rings. The third-order valence-corrected chi connectivity index (χ3v) is 4.53. The summed E-state index contributed by atoms with van der Waals surface area (Å²) in [5.74, 6) is 0.360. The first-order valence-electron chi connectivity index (χ1n) is 6.53. The molecule has 0 radical (unpaired) electrons. The number of nitrogens with one attached hydrogen (secondary N) is 1. The summed E-state index contributed by atoms with van der Waals surface area (Å²) in [7, 11) is 0. The zero-order valence-electron chi connectivity index (χ0n) is 11.7. The molecule has 5 nitrogen and oxygen atoms in total. The summed E-state index contributed by atoms with van der Waals surface area (Å²) < 4.78 is 6.42. The second-order valence-corrected chi connectivity index (χ2v) is 6.54. The van der Waals surface area contributed by atoms with Gasteiger partial charge in [0.1, 0.15) is 10.8 Å². The van der Waals surface area contributed by atoms with Crippen LogP contribution in [0.5, 0.6) is 5.75 Å². The molecular formula is C15H12BrN3O2S. The van der Waals surface area contributed by atoms with Gasteiger partial charge in [0.05, 0.1) is 4.47 Å². The van der Waals surface area contributed by atoms with Gasteiger partial charge in [-0.1, -0.05) is 41.7 Å². The first-order chi connectivity index (χ1) is 10.6. The van der Waals surface area contributed by atoms with Crippen LogP contribution in [0.2, 0.25) is 0 Å². The van der Waals surface area contributed by atoms with Crippen molar-refractivity contribution in [1.82, 2.24) is 10.2 Å². The van der Waals surface area contributed by atoms with Crippen molar-refractivity contribution in [3.63, 3.8) is 0 Å². The highest BCUT2D eigenvalue weighted by Crippen LogP contribution is 2.33. The summed E-state index contributed by atoms with van der Waals surface area (Å²) in [6, 6.07) is 11.8. The number of fused-ring (bicyclic) bond motifs is 1. The predicted octanol–water partition coefficient (Wildman–Crippen LogP) is 3.78. The number of aromatic nitrogens is 2. The molecule has 1 amide bonds. The summed E-state index contributed by atoms with van der Waals surface area (Å²) in [6.07, 6.45) is 0. The Morgan fingerprint density at radius 1 is 1.27 bits per heavy atom. The fraction of sp³-hybridized carbons (Fsp3) is 0.133. The van der Waals surface area contributed by atoms with Gasteiger partial charge in [-0.2, -0.15) is 0 Å². The number of carbonyl (C=O) groups excluding carboxylic acids is 1. The lowest BCUT2D eigenvalue weighted by molar-refractivity contribution is -0.118. The van der Waals surface area contributed by atoms with Crippen molar-refractivity contribution in [2.75, 3.05) is 11.9 Å². The molecule has 7 heteroatoms. The van der Waals surface area contributed by atoms with E-state index in [1.807, 2.05) is 43.3 Å². The molecule has 1 heterocycles. The molecule has 1 aromatic heterocycles. The molecule has 0 bridgehead atoms. The SMILES string of the molecule is Cc1nnc(NC(=O)COc2ccc3ccccc3c2Br)s1. The molecule has 3 rings (SSSR count). The number of hydrogen-bond acceptors (Lipinski definition) is 5. The lowest BCUT2D eigenvalue weighted by Crippen LogP contribution is -2.20. The van der Waals surface area contributed by atoms with Gasteiger partial charge in [-0.05, 0) is 39.7 Å². The molecule has 0 saturated carbocycles. The van der Waals surface area contributed by atoms with E-state index in [1.165, 1.54) is 11.3 Å². The molecule has 3 aromatic rings. The normalized spacial score (nSPS) is 10.6. The van der Waals surface area contributed by atoms with E-state index in [2.05, 4.69) is 31.4 Å². The van der Waals surface area contributed by atoms with Crippen molar-refractivity contribution < 1.29 is 9.53 Å². The minimum absolute atomic E-state index is 0.0877. The molecule has 1 N–H and O–H groups in total. The van der Waals surface area contributed by atoms with Crippen LogP contribution in [0.1, 0.15) is 5.01 Å². The van der Waals surface area contributed by atoms with E-state index >= 15 is 0 Å². The van der Waals surface area contributed by atoms with Crippen molar-refractivity contribution in [2.24, 2.45) is 0 Å². The Morgan fingerprint density at radius 3 is 2.86 bits per heavy atom. The second kappa shape index (κ2) is 6.41. The molecule has 112 valence electrons. The Bertz CT molecular complexity index is 835. The molecule has 0 unspecified atom stereocenters. The number of benzene rings is 2. The van der Waals surface area contributed by atoms with E-state index in [0.717, 1.165) is 20.3 Å². The van der Waals surface area contributed by atoms with Crippen LogP contribution < -0.4 is 10.1 Å². The molecule has 0 aliphatic heterocycles. The average molecular weight is 378 g/mol. The maximum absolute atomic E-state index is 11.9. The molecule has 0 atom stereocenters. The fourth-order valence-electron chi connectivity index (χ4n) is 1.97. The number of anilines is 1. The highest BCUT2D eigenvalue weighted by molar-refractivity contribution is 9.10. The van der Waals surface area contributed by atoms with Gasteiger partial charge in [0, 0.05) is 0 Å².